The van der Waals surface area contributed by atoms with E-state index in [1.165, 1.54) is 28.3 Å². The van der Waals surface area contributed by atoms with Crippen LogP contribution in [0.4, 0.5) is 0 Å². The fourth-order valence-electron chi connectivity index (χ4n) is 4.32. The van der Waals surface area contributed by atoms with Crippen molar-refractivity contribution in [1.82, 2.24) is 15.1 Å². The van der Waals surface area contributed by atoms with Crippen LogP contribution in [-0.4, -0.2) is 67.5 Å². The van der Waals surface area contributed by atoms with Crippen LogP contribution in [0.15, 0.2) is 29.1 Å². The van der Waals surface area contributed by atoms with E-state index in [4.69, 9.17) is 23.5 Å². The molecule has 224 valence electrons. The molecule has 3 N–H and O–H groups in total. The van der Waals surface area contributed by atoms with Crippen LogP contribution in [-0.2, 0) is 18.6 Å². The van der Waals surface area contributed by atoms with Gasteiger partial charge in [-0.25, -0.2) is 10.1 Å². The van der Waals surface area contributed by atoms with Crippen LogP contribution in [0.25, 0.3) is 22.3 Å². The van der Waals surface area contributed by atoms with Crippen LogP contribution in [0.5, 0.6) is 17.2 Å². The predicted octanol–water partition coefficient (Wildman–Crippen LogP) is 4.51. The lowest BCUT2D eigenvalue weighted by molar-refractivity contribution is -0.145. The quantitative estimate of drug-likeness (QED) is 0.179. The molecule has 0 aliphatic rings. The van der Waals surface area contributed by atoms with Crippen LogP contribution < -0.4 is 24.9 Å². The molecule has 12 nitrogen and oxygen atoms in total. The molecule has 2 aromatic carbocycles. The van der Waals surface area contributed by atoms with Crippen molar-refractivity contribution in [3.63, 3.8) is 0 Å². The molecule has 0 fully saturated rings. The summed E-state index contributed by atoms with van der Waals surface area (Å²) in [6.45, 7) is 8.58. The summed E-state index contributed by atoms with van der Waals surface area (Å²) in [7, 11) is 0.691. The van der Waals surface area contributed by atoms with E-state index in [9.17, 15) is 19.3 Å². The Balaban J connectivity index is 1.79. The summed E-state index contributed by atoms with van der Waals surface area (Å²) < 4.78 is 40.6. The van der Waals surface area contributed by atoms with Crippen LogP contribution in [0.2, 0.25) is 0 Å². The zero-order valence-electron chi connectivity index (χ0n) is 24.6. The van der Waals surface area contributed by atoms with E-state index in [0.29, 0.717) is 39.5 Å². The maximum absolute atomic E-state index is 13.4. The number of methoxy groups -OCH3 is 3. The van der Waals surface area contributed by atoms with Crippen molar-refractivity contribution in [1.29, 1.82) is 0 Å². The van der Waals surface area contributed by atoms with Gasteiger partial charge in [-0.15, -0.1) is 0 Å². The number of aromatic nitrogens is 2. The lowest BCUT2D eigenvalue weighted by Gasteiger charge is -2.34. The number of hydrogen-bond acceptors (Lipinski definition) is 9. The zero-order chi connectivity index (χ0) is 30.5. The topological polar surface area (TPSA) is 158 Å². The lowest BCUT2D eigenvalue weighted by Crippen LogP contribution is -2.52. The molecule has 0 aliphatic carbocycles. The molecule has 0 amide bonds. The number of carboxylic acid groups (broad SMARTS) is 1. The summed E-state index contributed by atoms with van der Waals surface area (Å²) in [5.41, 5.74) is 0.845. The Morgan fingerprint density at radius 3 is 2.29 bits per heavy atom. The number of benzene rings is 2. The number of nitrogens with zero attached hydrogens (tertiary/aromatic N) is 1. The Morgan fingerprint density at radius 1 is 1.10 bits per heavy atom. The Kier molecular flexibility index (Phi) is 10.2. The highest BCUT2D eigenvalue weighted by Crippen LogP contribution is 2.45. The van der Waals surface area contributed by atoms with Crippen molar-refractivity contribution in [3.05, 3.63) is 45.7 Å². The van der Waals surface area contributed by atoms with Crippen molar-refractivity contribution < 1.29 is 37.9 Å². The molecule has 3 rings (SSSR count). The second-order valence-corrected chi connectivity index (χ2v) is 12.2. The first-order chi connectivity index (χ1) is 19.3. The summed E-state index contributed by atoms with van der Waals surface area (Å²) in [6.07, 6.45) is -0.302. The van der Waals surface area contributed by atoms with E-state index >= 15 is 0 Å². The van der Waals surface area contributed by atoms with Gasteiger partial charge in [0.1, 0.15) is 47.0 Å². The fourth-order valence-corrected chi connectivity index (χ4v) is 6.29. The average molecular weight is 592 g/mol. The average Bonchev–Trinajstić information content (AvgIpc) is 2.90. The van der Waals surface area contributed by atoms with Crippen molar-refractivity contribution in [2.75, 3.05) is 40.9 Å². The van der Waals surface area contributed by atoms with Crippen LogP contribution >= 0.6 is 7.52 Å². The molecule has 1 heterocycles. The van der Waals surface area contributed by atoms with Crippen LogP contribution in [0, 0.1) is 19.8 Å². The van der Waals surface area contributed by atoms with Gasteiger partial charge in [-0.2, -0.15) is 0 Å². The Labute approximate surface area is 238 Å². The number of hydrogen-bond donors (Lipinski definition) is 3. The van der Waals surface area contributed by atoms with E-state index in [2.05, 4.69) is 15.1 Å². The fraction of sp³-hybridized carbons (Fsp3) is 0.464. The van der Waals surface area contributed by atoms with E-state index in [0.717, 1.165) is 11.1 Å². The third-order valence-corrected chi connectivity index (χ3v) is 8.87. The smallest absolute Gasteiger partial charge is 0.324 e. The molecule has 13 heteroatoms. The maximum atomic E-state index is 13.4. The van der Waals surface area contributed by atoms with Crippen molar-refractivity contribution in [3.8, 4) is 28.6 Å². The van der Waals surface area contributed by atoms with E-state index in [-0.39, 0.29) is 31.0 Å². The van der Waals surface area contributed by atoms with E-state index in [1.807, 2.05) is 26.0 Å². The summed E-state index contributed by atoms with van der Waals surface area (Å²) >= 11 is 0. The molecule has 41 heavy (non-hydrogen) atoms. The minimum atomic E-state index is -3.67. The number of aromatic amines is 1. The molecule has 2 unspecified atom stereocenters. The second-order valence-electron chi connectivity index (χ2n) is 10.1. The first-order valence-corrected chi connectivity index (χ1v) is 14.7. The highest BCUT2D eigenvalue weighted by Gasteiger charge is 2.43. The molecule has 0 saturated heterocycles. The molecule has 1 aromatic heterocycles. The number of ether oxygens (including phenoxy) is 4. The van der Waals surface area contributed by atoms with Crippen LogP contribution in [0.3, 0.4) is 0 Å². The lowest BCUT2D eigenvalue weighted by atomic mass is 9.90. The zero-order valence-corrected chi connectivity index (χ0v) is 25.5. The molecule has 0 saturated carbocycles. The van der Waals surface area contributed by atoms with Crippen molar-refractivity contribution in [2.45, 2.75) is 40.2 Å². The van der Waals surface area contributed by atoms with Gasteiger partial charge in [0.15, 0.2) is 0 Å². The van der Waals surface area contributed by atoms with Gasteiger partial charge < -0.3 is 33.6 Å². The third-order valence-electron chi connectivity index (χ3n) is 6.87. The van der Waals surface area contributed by atoms with E-state index < -0.39 is 19.0 Å². The molecule has 0 spiro atoms. The number of aryl methyl sites for hydroxylation is 2. The molecule has 3 aromatic rings. The third kappa shape index (κ3) is 7.08. The number of H-pyrrole nitrogens is 1. The van der Waals surface area contributed by atoms with Gasteiger partial charge in [-0.3, -0.25) is 14.2 Å². The number of rotatable bonds is 14. The first-order valence-electron chi connectivity index (χ1n) is 12.9. The summed E-state index contributed by atoms with van der Waals surface area (Å²) in [5.74, 6) is 0.326. The number of carboxylic acids is 1. The van der Waals surface area contributed by atoms with E-state index in [1.54, 1.807) is 26.0 Å². The van der Waals surface area contributed by atoms with Gasteiger partial charge in [0.2, 0.25) is 0 Å². The van der Waals surface area contributed by atoms with Gasteiger partial charge in [0, 0.05) is 24.8 Å². The van der Waals surface area contributed by atoms with Gasteiger partial charge >= 0.3 is 5.97 Å². The second kappa shape index (κ2) is 13.0. The largest absolute Gasteiger partial charge is 0.497 e. The monoisotopic (exact) mass is 591 g/mol. The number of fused-ring (bicyclic) bond motifs is 1. The molecule has 0 radical (unpaired) electrons. The predicted molar refractivity (Wildman–Crippen MR) is 155 cm³/mol. The normalized spacial score (nSPS) is 14.5. The highest BCUT2D eigenvalue weighted by molar-refractivity contribution is 7.56. The molecular formula is C28H38N3O9P. The number of carbonyl (C=O) groups is 1. The van der Waals surface area contributed by atoms with Gasteiger partial charge in [0.05, 0.1) is 26.3 Å². The molecule has 0 bridgehead atoms. The molecular weight excluding hydrogens is 553 g/mol. The first kappa shape index (κ1) is 32.1. The van der Waals surface area contributed by atoms with Gasteiger partial charge in [-0.05, 0) is 49.9 Å². The Morgan fingerprint density at radius 2 is 1.76 bits per heavy atom. The van der Waals surface area contributed by atoms with Gasteiger partial charge in [0.25, 0.3) is 13.1 Å². The van der Waals surface area contributed by atoms with Gasteiger partial charge in [-0.1, -0.05) is 13.8 Å². The standard InChI is InChI=1S/C28H38N3O9P/c1-16(2)28(5,27(33)34)31-41(35,15-36-6)40-10-9-39-24-17(3)11-19(12-18(24)4)25-29-21-13-20(37-7)14-22(38-8)23(21)26(32)30-25/h11-14,16H,9-10,15H2,1-8H3,(H,31,35)(H,33,34)(H,29,30,32). The van der Waals surface area contributed by atoms with Crippen molar-refractivity contribution in [2.24, 2.45) is 5.92 Å². The minimum Gasteiger partial charge on any atom is -0.497 e. The summed E-state index contributed by atoms with van der Waals surface area (Å²) in [4.78, 5) is 32.3. The molecule has 0 aliphatic heterocycles. The van der Waals surface area contributed by atoms with Crippen molar-refractivity contribution >= 4 is 24.4 Å². The summed E-state index contributed by atoms with van der Waals surface area (Å²) in [6, 6.07) is 6.97. The highest BCUT2D eigenvalue weighted by atomic mass is 31.2. The molecule has 2 atom stereocenters. The van der Waals surface area contributed by atoms with Crippen LogP contribution in [0.1, 0.15) is 31.9 Å². The Hall–Kier alpha value is -3.44. The minimum absolute atomic E-state index is 0.0481. The number of nitrogens with one attached hydrogen (secondary N) is 2. The SMILES string of the molecule is COCP(=O)(NC(C)(C(=O)O)C(C)C)OCCOc1c(C)cc(-c2nc3cc(OC)cc(OC)c3c(=O)[nH]2)cc1C. The Bertz CT molecular complexity index is 1500. The summed E-state index contributed by atoms with van der Waals surface area (Å²) in [5, 5.41) is 12.7. The number of aliphatic carboxylic acids is 1. The maximum Gasteiger partial charge on any atom is 0.324 e.